The van der Waals surface area contributed by atoms with Gasteiger partial charge in [-0.25, -0.2) is 4.63 Å². The van der Waals surface area contributed by atoms with Gasteiger partial charge in [0.2, 0.25) is 0 Å². The number of ether oxygens (including phenoxy) is 2. The van der Waals surface area contributed by atoms with E-state index in [0.29, 0.717) is 24.2 Å². The molecule has 5 nitrogen and oxygen atoms in total. The van der Waals surface area contributed by atoms with Crippen LogP contribution in [0.4, 0.5) is 0 Å². The Morgan fingerprint density at radius 1 is 0.812 bits per heavy atom. The van der Waals surface area contributed by atoms with E-state index in [2.05, 4.69) is 14.9 Å². The lowest BCUT2D eigenvalue weighted by Gasteiger charge is -2.09. The standard InChI is InChI=1S/C11H12N2O3/c1-2-4-14-10-6-8-9(13-16-12-8)7-11(10)15-5-3-1/h6-7H,1-5H2. The molecule has 0 saturated heterocycles. The number of hydrogen-bond donors (Lipinski definition) is 0. The van der Waals surface area contributed by atoms with Crippen LogP contribution in [0, 0.1) is 0 Å². The number of hydrogen-bond acceptors (Lipinski definition) is 5. The predicted molar refractivity (Wildman–Crippen MR) is 56.6 cm³/mol. The predicted octanol–water partition coefficient (Wildman–Crippen LogP) is 2.16. The van der Waals surface area contributed by atoms with Gasteiger partial charge in [0.25, 0.3) is 0 Å². The third-order valence-electron chi connectivity index (χ3n) is 2.62. The molecule has 0 saturated carbocycles. The molecule has 0 N–H and O–H groups in total. The van der Waals surface area contributed by atoms with Crippen LogP contribution in [0.2, 0.25) is 0 Å². The van der Waals surface area contributed by atoms with Crippen LogP contribution in [-0.4, -0.2) is 23.5 Å². The van der Waals surface area contributed by atoms with Crippen LogP contribution in [0.15, 0.2) is 16.8 Å². The number of aromatic nitrogens is 2. The molecule has 1 aromatic heterocycles. The third kappa shape index (κ3) is 1.68. The van der Waals surface area contributed by atoms with E-state index < -0.39 is 0 Å². The van der Waals surface area contributed by atoms with E-state index in [1.54, 1.807) is 0 Å². The minimum atomic E-state index is 0.696. The third-order valence-corrected chi connectivity index (χ3v) is 2.62. The van der Waals surface area contributed by atoms with Gasteiger partial charge in [0.15, 0.2) is 11.5 Å². The molecule has 2 aromatic rings. The number of rotatable bonds is 0. The quantitative estimate of drug-likeness (QED) is 0.681. The van der Waals surface area contributed by atoms with Crippen molar-refractivity contribution in [2.75, 3.05) is 13.2 Å². The van der Waals surface area contributed by atoms with Crippen molar-refractivity contribution in [3.05, 3.63) is 12.1 Å². The highest BCUT2D eigenvalue weighted by Gasteiger charge is 2.12. The Balaban J connectivity index is 2.03. The van der Waals surface area contributed by atoms with Crippen LogP contribution >= 0.6 is 0 Å². The van der Waals surface area contributed by atoms with Gasteiger partial charge in [-0.3, -0.25) is 0 Å². The SMILES string of the molecule is c1c2c(cc3nonc13)OCCCCCO2. The van der Waals surface area contributed by atoms with Gasteiger partial charge in [0.05, 0.1) is 13.2 Å². The van der Waals surface area contributed by atoms with Crippen molar-refractivity contribution in [2.24, 2.45) is 0 Å². The van der Waals surface area contributed by atoms with E-state index in [1.165, 1.54) is 0 Å². The van der Waals surface area contributed by atoms with Gasteiger partial charge in [-0.1, -0.05) is 0 Å². The minimum absolute atomic E-state index is 0.696. The van der Waals surface area contributed by atoms with Gasteiger partial charge >= 0.3 is 0 Å². The molecule has 1 aliphatic rings. The Morgan fingerprint density at radius 3 is 1.94 bits per heavy atom. The van der Waals surface area contributed by atoms with Crippen molar-refractivity contribution >= 4 is 11.0 Å². The maximum Gasteiger partial charge on any atom is 0.163 e. The summed E-state index contributed by atoms with van der Waals surface area (Å²) >= 11 is 0. The highest BCUT2D eigenvalue weighted by atomic mass is 16.6. The van der Waals surface area contributed by atoms with Gasteiger partial charge in [-0.05, 0) is 29.6 Å². The van der Waals surface area contributed by atoms with Crippen LogP contribution in [0.1, 0.15) is 19.3 Å². The van der Waals surface area contributed by atoms with Crippen molar-refractivity contribution in [2.45, 2.75) is 19.3 Å². The fraction of sp³-hybridized carbons (Fsp3) is 0.455. The molecule has 0 fully saturated rings. The van der Waals surface area contributed by atoms with Gasteiger partial charge in [-0.15, -0.1) is 0 Å². The molecule has 0 amide bonds. The normalized spacial score (nSPS) is 16.5. The smallest absolute Gasteiger partial charge is 0.163 e. The van der Waals surface area contributed by atoms with Crippen LogP contribution in [-0.2, 0) is 0 Å². The first kappa shape index (κ1) is 9.45. The number of benzene rings is 1. The second-order valence-electron chi connectivity index (χ2n) is 3.81. The van der Waals surface area contributed by atoms with Crippen LogP contribution < -0.4 is 9.47 Å². The zero-order chi connectivity index (χ0) is 10.8. The Kier molecular flexibility index (Phi) is 2.36. The first-order valence-corrected chi connectivity index (χ1v) is 5.45. The summed E-state index contributed by atoms with van der Waals surface area (Å²) in [6.45, 7) is 1.43. The van der Waals surface area contributed by atoms with E-state index in [1.807, 2.05) is 12.1 Å². The van der Waals surface area contributed by atoms with Crippen molar-refractivity contribution in [1.82, 2.24) is 10.3 Å². The summed E-state index contributed by atoms with van der Waals surface area (Å²) < 4.78 is 16.0. The minimum Gasteiger partial charge on any atom is -0.490 e. The average molecular weight is 220 g/mol. The molecule has 1 aromatic carbocycles. The van der Waals surface area contributed by atoms with Gasteiger partial charge < -0.3 is 9.47 Å². The van der Waals surface area contributed by atoms with Crippen LogP contribution in [0.25, 0.3) is 11.0 Å². The summed E-state index contributed by atoms with van der Waals surface area (Å²) in [4.78, 5) is 0. The molecular weight excluding hydrogens is 208 g/mol. The van der Waals surface area contributed by atoms with E-state index in [0.717, 1.165) is 30.8 Å². The molecule has 2 heterocycles. The molecule has 5 heteroatoms. The van der Waals surface area contributed by atoms with Crippen molar-refractivity contribution in [3.8, 4) is 11.5 Å². The van der Waals surface area contributed by atoms with E-state index >= 15 is 0 Å². The highest BCUT2D eigenvalue weighted by molar-refractivity contribution is 5.77. The first-order valence-electron chi connectivity index (χ1n) is 5.45. The first-order chi connectivity index (χ1) is 7.93. The second kappa shape index (κ2) is 4.00. The van der Waals surface area contributed by atoms with Crippen LogP contribution in [0.3, 0.4) is 0 Å². The Hall–Kier alpha value is -1.78. The van der Waals surface area contributed by atoms with Crippen molar-refractivity contribution in [1.29, 1.82) is 0 Å². The zero-order valence-corrected chi connectivity index (χ0v) is 8.81. The Labute approximate surface area is 92.3 Å². The second-order valence-corrected chi connectivity index (χ2v) is 3.81. The molecule has 0 spiro atoms. The molecule has 1 aliphatic heterocycles. The average Bonchev–Trinajstić information content (AvgIpc) is 2.76. The summed E-state index contributed by atoms with van der Waals surface area (Å²) in [5.41, 5.74) is 1.39. The Bertz CT molecular complexity index is 453. The summed E-state index contributed by atoms with van der Waals surface area (Å²) in [7, 11) is 0. The van der Waals surface area contributed by atoms with Crippen LogP contribution in [0.5, 0.6) is 11.5 Å². The Morgan fingerprint density at radius 2 is 1.38 bits per heavy atom. The maximum absolute atomic E-state index is 5.65. The van der Waals surface area contributed by atoms with Gasteiger partial charge in [0, 0.05) is 12.1 Å². The molecule has 16 heavy (non-hydrogen) atoms. The molecule has 0 bridgehead atoms. The molecular formula is C11H12N2O3. The van der Waals surface area contributed by atoms with Crippen molar-refractivity contribution in [3.63, 3.8) is 0 Å². The maximum atomic E-state index is 5.65. The summed E-state index contributed by atoms with van der Waals surface area (Å²) in [6.07, 6.45) is 3.24. The fourth-order valence-electron chi connectivity index (χ4n) is 1.76. The summed E-state index contributed by atoms with van der Waals surface area (Å²) in [5, 5.41) is 7.57. The van der Waals surface area contributed by atoms with E-state index in [9.17, 15) is 0 Å². The van der Waals surface area contributed by atoms with Gasteiger partial charge in [-0.2, -0.15) is 0 Å². The topological polar surface area (TPSA) is 57.4 Å². The molecule has 0 aliphatic carbocycles. The molecule has 0 atom stereocenters. The molecule has 0 radical (unpaired) electrons. The zero-order valence-electron chi connectivity index (χ0n) is 8.81. The van der Waals surface area contributed by atoms with Gasteiger partial charge in [0.1, 0.15) is 11.0 Å². The monoisotopic (exact) mass is 220 g/mol. The highest BCUT2D eigenvalue weighted by Crippen LogP contribution is 2.32. The van der Waals surface area contributed by atoms with E-state index in [4.69, 9.17) is 9.47 Å². The summed E-state index contributed by atoms with van der Waals surface area (Å²) in [5.74, 6) is 1.45. The fourth-order valence-corrected chi connectivity index (χ4v) is 1.76. The summed E-state index contributed by atoms with van der Waals surface area (Å²) in [6, 6.07) is 3.62. The lowest BCUT2D eigenvalue weighted by molar-refractivity contribution is 0.288. The number of fused-ring (bicyclic) bond motifs is 2. The number of nitrogens with zero attached hydrogens (tertiary/aromatic N) is 2. The molecule has 3 rings (SSSR count). The molecule has 0 unspecified atom stereocenters. The lowest BCUT2D eigenvalue weighted by Crippen LogP contribution is -1.98. The lowest BCUT2D eigenvalue weighted by atomic mass is 10.2. The van der Waals surface area contributed by atoms with Crippen molar-refractivity contribution < 1.29 is 14.1 Å². The van der Waals surface area contributed by atoms with E-state index in [-0.39, 0.29) is 0 Å². The molecule has 84 valence electrons. The largest absolute Gasteiger partial charge is 0.490 e.